The second-order valence-electron chi connectivity index (χ2n) is 10.3. The normalized spacial score (nSPS) is 21.5. The first-order valence-corrected chi connectivity index (χ1v) is 13.1. The minimum Gasteiger partial charge on any atom is -0.326 e. The van der Waals surface area contributed by atoms with E-state index in [2.05, 4.69) is 5.32 Å². The van der Waals surface area contributed by atoms with Crippen LogP contribution in [0.5, 0.6) is 0 Å². The van der Waals surface area contributed by atoms with E-state index in [9.17, 15) is 22.8 Å². The number of rotatable bonds is 5. The summed E-state index contributed by atoms with van der Waals surface area (Å²) in [4.78, 5) is 38.6. The van der Waals surface area contributed by atoms with Crippen molar-refractivity contribution in [3.05, 3.63) is 65.4 Å². The van der Waals surface area contributed by atoms with Gasteiger partial charge in [0, 0.05) is 30.4 Å². The molecule has 0 aromatic heterocycles. The van der Waals surface area contributed by atoms with Crippen molar-refractivity contribution in [3.8, 4) is 0 Å². The van der Waals surface area contributed by atoms with Gasteiger partial charge < -0.3 is 5.32 Å². The number of amides is 2. The molecule has 2 aliphatic rings. The van der Waals surface area contributed by atoms with Crippen LogP contribution in [0.4, 0.5) is 24.5 Å². The zero-order valence-corrected chi connectivity index (χ0v) is 21.9. The fraction of sp³-hybridized carbons (Fsp3) is 0.346. The molecule has 1 aliphatic carbocycles. The highest BCUT2D eigenvalue weighted by Gasteiger charge is 2.72. The predicted octanol–water partition coefficient (Wildman–Crippen LogP) is 4.22. The molecule has 0 spiro atoms. The largest absolute Gasteiger partial charge is 0.421 e. The summed E-state index contributed by atoms with van der Waals surface area (Å²) >= 11 is 0. The standard InChI is InChI=1S/C26H26F3N3O5S/c1-15-5-9-18(10-6-15)32-20-13-24(3,4)14-21(34)22(20)25(23(32)35,26(27,28)29)31-38(36,37)19-11-7-17(8-12-19)30-16(2)33/h5-12,31H,13-14H2,1-4H3,(H,30,33). The number of halogens is 3. The molecular weight excluding hydrogens is 523 g/mol. The third kappa shape index (κ3) is 4.62. The summed E-state index contributed by atoms with van der Waals surface area (Å²) < 4.78 is 73.2. The van der Waals surface area contributed by atoms with Crippen LogP contribution < -0.4 is 14.9 Å². The quantitative estimate of drug-likeness (QED) is 0.580. The van der Waals surface area contributed by atoms with Crippen LogP contribution in [0.3, 0.4) is 0 Å². The summed E-state index contributed by atoms with van der Waals surface area (Å²) in [6.45, 7) is 6.39. The lowest BCUT2D eigenvalue weighted by atomic mass is 9.72. The second kappa shape index (κ2) is 9.05. The van der Waals surface area contributed by atoms with Gasteiger partial charge >= 0.3 is 6.18 Å². The predicted molar refractivity (Wildman–Crippen MR) is 134 cm³/mol. The average molecular weight is 550 g/mol. The van der Waals surface area contributed by atoms with Crippen LogP contribution in [0, 0.1) is 12.3 Å². The van der Waals surface area contributed by atoms with Gasteiger partial charge in [-0.05, 0) is 55.2 Å². The molecule has 2 aromatic carbocycles. The summed E-state index contributed by atoms with van der Waals surface area (Å²) in [6.07, 6.45) is -5.85. The van der Waals surface area contributed by atoms with Gasteiger partial charge in [0.15, 0.2) is 5.78 Å². The van der Waals surface area contributed by atoms with Crippen molar-refractivity contribution in [2.45, 2.75) is 57.1 Å². The first-order valence-electron chi connectivity index (χ1n) is 11.6. The summed E-state index contributed by atoms with van der Waals surface area (Å²) in [5, 5.41) is 2.43. The molecule has 0 bridgehead atoms. The highest BCUT2D eigenvalue weighted by molar-refractivity contribution is 7.89. The molecule has 8 nitrogen and oxygen atoms in total. The maximum atomic E-state index is 15.0. The maximum absolute atomic E-state index is 15.0. The van der Waals surface area contributed by atoms with Gasteiger partial charge in [0.05, 0.1) is 10.5 Å². The number of hydrogen-bond acceptors (Lipinski definition) is 5. The maximum Gasteiger partial charge on any atom is 0.421 e. The SMILES string of the molecule is CC(=O)Nc1ccc(S(=O)(=O)NC2(C(F)(F)F)C(=O)N(c3ccc(C)cc3)C3=C2C(=O)CC(C)(C)C3)cc1. The van der Waals surface area contributed by atoms with E-state index in [1.807, 2.05) is 0 Å². The molecule has 202 valence electrons. The molecule has 38 heavy (non-hydrogen) atoms. The summed E-state index contributed by atoms with van der Waals surface area (Å²) in [7, 11) is -5.00. The molecule has 1 aliphatic heterocycles. The van der Waals surface area contributed by atoms with E-state index in [0.29, 0.717) is 0 Å². The average Bonchev–Trinajstić information content (AvgIpc) is 3.01. The minimum absolute atomic E-state index is 0.0569. The van der Waals surface area contributed by atoms with Gasteiger partial charge in [-0.3, -0.25) is 19.3 Å². The molecule has 1 unspecified atom stereocenters. The molecule has 0 radical (unpaired) electrons. The number of hydrogen-bond donors (Lipinski definition) is 2. The molecular formula is C26H26F3N3O5S. The van der Waals surface area contributed by atoms with Crippen LogP contribution in [-0.2, 0) is 24.4 Å². The van der Waals surface area contributed by atoms with Crippen molar-refractivity contribution in [3.63, 3.8) is 0 Å². The number of anilines is 2. The zero-order valence-electron chi connectivity index (χ0n) is 21.1. The Labute approximate surface area is 217 Å². The lowest BCUT2D eigenvalue weighted by molar-refractivity contribution is -0.184. The Morgan fingerprint density at radius 1 is 0.974 bits per heavy atom. The molecule has 2 amide bonds. The lowest BCUT2D eigenvalue weighted by Crippen LogP contribution is -2.66. The van der Waals surface area contributed by atoms with E-state index in [0.717, 1.165) is 22.6 Å². The van der Waals surface area contributed by atoms with Crippen molar-refractivity contribution >= 4 is 39.0 Å². The van der Waals surface area contributed by atoms with E-state index in [1.165, 1.54) is 31.2 Å². The van der Waals surface area contributed by atoms with Crippen molar-refractivity contribution < 1.29 is 36.0 Å². The second-order valence-corrected chi connectivity index (χ2v) is 12.0. The van der Waals surface area contributed by atoms with Crippen LogP contribution >= 0.6 is 0 Å². The van der Waals surface area contributed by atoms with Crippen LogP contribution in [-0.4, -0.2) is 37.7 Å². The Balaban J connectivity index is 1.91. The van der Waals surface area contributed by atoms with E-state index in [1.54, 1.807) is 37.6 Å². The van der Waals surface area contributed by atoms with E-state index in [-0.39, 0.29) is 29.9 Å². The minimum atomic E-state index is -5.50. The summed E-state index contributed by atoms with van der Waals surface area (Å²) in [5.41, 5.74) is -4.58. The highest BCUT2D eigenvalue weighted by atomic mass is 32.2. The van der Waals surface area contributed by atoms with Crippen LogP contribution in [0.15, 0.2) is 64.7 Å². The first kappa shape index (κ1) is 27.5. The zero-order chi connectivity index (χ0) is 28.3. The third-order valence-electron chi connectivity index (χ3n) is 6.51. The Hall–Kier alpha value is -3.51. The molecule has 2 N–H and O–H groups in total. The Kier molecular flexibility index (Phi) is 6.56. The van der Waals surface area contributed by atoms with Crippen LogP contribution in [0.1, 0.15) is 39.2 Å². The fourth-order valence-electron chi connectivity index (χ4n) is 4.87. The monoisotopic (exact) mass is 549 g/mol. The smallest absolute Gasteiger partial charge is 0.326 e. The van der Waals surface area contributed by atoms with E-state index in [4.69, 9.17) is 0 Å². The van der Waals surface area contributed by atoms with Crippen molar-refractivity contribution in [1.82, 2.24) is 4.72 Å². The summed E-state index contributed by atoms with van der Waals surface area (Å²) in [5.74, 6) is -3.01. The van der Waals surface area contributed by atoms with Gasteiger partial charge in [-0.15, -0.1) is 0 Å². The van der Waals surface area contributed by atoms with Gasteiger partial charge in [-0.1, -0.05) is 31.5 Å². The number of alkyl halides is 3. The third-order valence-corrected chi connectivity index (χ3v) is 7.98. The number of carbonyl (C=O) groups excluding carboxylic acids is 3. The molecule has 12 heteroatoms. The number of nitrogens with zero attached hydrogens (tertiary/aromatic N) is 1. The number of allylic oxidation sites excluding steroid dienone is 1. The van der Waals surface area contributed by atoms with Crippen molar-refractivity contribution in [1.29, 1.82) is 0 Å². The summed E-state index contributed by atoms with van der Waals surface area (Å²) in [6, 6.07) is 10.5. The number of Topliss-reactive ketones (excluding diaryl/α,β-unsaturated/α-hetero) is 1. The number of ketones is 1. The Morgan fingerprint density at radius 2 is 1.55 bits per heavy atom. The van der Waals surface area contributed by atoms with Crippen molar-refractivity contribution in [2.24, 2.45) is 5.41 Å². The highest BCUT2D eigenvalue weighted by Crippen LogP contribution is 2.53. The topological polar surface area (TPSA) is 113 Å². The van der Waals surface area contributed by atoms with Gasteiger partial charge in [0.1, 0.15) is 0 Å². The fourth-order valence-corrected chi connectivity index (χ4v) is 6.19. The molecule has 0 saturated heterocycles. The van der Waals surface area contributed by atoms with Crippen molar-refractivity contribution in [2.75, 3.05) is 10.2 Å². The van der Waals surface area contributed by atoms with Gasteiger partial charge in [0.25, 0.3) is 5.91 Å². The Morgan fingerprint density at radius 3 is 2.08 bits per heavy atom. The lowest BCUT2D eigenvalue weighted by Gasteiger charge is -2.35. The van der Waals surface area contributed by atoms with Crippen LogP contribution in [0.2, 0.25) is 0 Å². The molecule has 1 heterocycles. The van der Waals surface area contributed by atoms with Gasteiger partial charge in [-0.2, -0.15) is 17.9 Å². The molecule has 4 rings (SSSR count). The van der Waals surface area contributed by atoms with Crippen LogP contribution in [0.25, 0.3) is 0 Å². The molecule has 0 saturated carbocycles. The molecule has 1 atom stereocenters. The molecule has 2 aromatic rings. The van der Waals surface area contributed by atoms with E-state index >= 15 is 13.2 Å². The van der Waals surface area contributed by atoms with E-state index < -0.39 is 55.2 Å². The number of carbonyl (C=O) groups is 3. The van der Waals surface area contributed by atoms with Gasteiger partial charge in [-0.25, -0.2) is 8.42 Å². The number of nitrogens with one attached hydrogen (secondary N) is 2. The van der Waals surface area contributed by atoms with Gasteiger partial charge in [0.2, 0.25) is 21.5 Å². The molecule has 0 fully saturated rings. The number of sulfonamides is 1. The Bertz CT molecular complexity index is 1460. The number of benzene rings is 2. The number of aryl methyl sites for hydroxylation is 1. The first-order chi connectivity index (χ1) is 17.5.